The van der Waals surface area contributed by atoms with Crippen LogP contribution >= 0.6 is 0 Å². The molecule has 30 heavy (non-hydrogen) atoms. The molecule has 1 N–H and O–H groups in total. The highest BCUT2D eigenvalue weighted by Gasteiger charge is 2.26. The first-order valence-electron chi connectivity index (χ1n) is 10.7. The molecule has 1 aromatic carbocycles. The summed E-state index contributed by atoms with van der Waals surface area (Å²) in [7, 11) is 0. The number of carbonyl (C=O) groups is 1. The van der Waals surface area contributed by atoms with E-state index in [1.165, 1.54) is 21.6 Å². The molecule has 2 heterocycles. The van der Waals surface area contributed by atoms with Gasteiger partial charge in [0, 0.05) is 22.7 Å². The summed E-state index contributed by atoms with van der Waals surface area (Å²) in [6.07, 6.45) is 4.13. The van der Waals surface area contributed by atoms with Crippen molar-refractivity contribution >= 4 is 22.8 Å². The highest BCUT2D eigenvalue weighted by Crippen LogP contribution is 2.32. The van der Waals surface area contributed by atoms with E-state index in [1.807, 2.05) is 17.5 Å². The minimum Gasteiger partial charge on any atom is -0.481 e. The number of hydrogen-bond acceptors (Lipinski definition) is 3. The van der Waals surface area contributed by atoms with Crippen LogP contribution in [0.2, 0.25) is 0 Å². The third-order valence-corrected chi connectivity index (χ3v) is 6.49. The van der Waals surface area contributed by atoms with Gasteiger partial charge in [0.15, 0.2) is 5.65 Å². The summed E-state index contributed by atoms with van der Waals surface area (Å²) in [5, 5.41) is 17.2. The quantitative estimate of drug-likeness (QED) is 0.733. The molecule has 2 aromatic heterocycles. The van der Waals surface area contributed by atoms with Crippen LogP contribution in [0.4, 0.5) is 0 Å². The zero-order valence-corrected chi connectivity index (χ0v) is 18.0. The molecule has 0 atom stereocenters. The molecular weight excluding hydrogens is 374 g/mol. The normalized spacial score (nSPS) is 15.7. The first-order valence-corrected chi connectivity index (χ1v) is 10.7. The number of aromatic nitrogens is 3. The number of aliphatic carboxylic acids is 1. The van der Waals surface area contributed by atoms with E-state index < -0.39 is 5.97 Å². The van der Waals surface area contributed by atoms with E-state index in [4.69, 9.17) is 10.1 Å². The van der Waals surface area contributed by atoms with Crippen LogP contribution in [0.15, 0.2) is 24.3 Å². The van der Waals surface area contributed by atoms with Gasteiger partial charge in [0.25, 0.3) is 0 Å². The highest BCUT2D eigenvalue weighted by atomic mass is 16.4. The number of rotatable bonds is 3. The summed E-state index contributed by atoms with van der Waals surface area (Å²) in [4.78, 5) is 16.5. The molecule has 0 saturated carbocycles. The highest BCUT2D eigenvalue weighted by molar-refractivity contribution is 5.78. The molecule has 3 aromatic rings. The Bertz CT molecular complexity index is 1340. The lowest BCUT2D eigenvalue weighted by Gasteiger charge is -2.20. The Labute approximate surface area is 175 Å². The van der Waals surface area contributed by atoms with Crippen molar-refractivity contribution in [1.82, 2.24) is 14.6 Å². The maximum Gasteiger partial charge on any atom is 0.307 e. The smallest absolute Gasteiger partial charge is 0.307 e. The van der Waals surface area contributed by atoms with Gasteiger partial charge >= 0.3 is 5.97 Å². The van der Waals surface area contributed by atoms with Gasteiger partial charge in [-0.1, -0.05) is 44.5 Å². The van der Waals surface area contributed by atoms with Gasteiger partial charge in [-0.25, -0.2) is 9.50 Å². The Morgan fingerprint density at radius 2 is 1.93 bits per heavy atom. The molecule has 0 aliphatic heterocycles. The maximum absolute atomic E-state index is 11.7. The van der Waals surface area contributed by atoms with Crippen molar-refractivity contribution in [3.05, 3.63) is 62.9 Å². The topological polar surface area (TPSA) is 67.5 Å². The zero-order chi connectivity index (χ0) is 21.2. The first kappa shape index (κ1) is 19.0. The number of fused-ring (bicyclic) bond motifs is 1. The molecule has 0 radical (unpaired) electrons. The predicted molar refractivity (Wildman–Crippen MR) is 117 cm³/mol. The van der Waals surface area contributed by atoms with Crippen LogP contribution in [0.25, 0.3) is 16.8 Å². The molecule has 5 rings (SSSR count). The molecule has 5 nitrogen and oxygen atoms in total. The molecule has 2 aliphatic rings. The van der Waals surface area contributed by atoms with Crippen LogP contribution in [0.1, 0.15) is 68.2 Å². The zero-order valence-electron chi connectivity index (χ0n) is 18.0. The van der Waals surface area contributed by atoms with Crippen molar-refractivity contribution in [2.24, 2.45) is 0 Å². The number of benzene rings is 1. The Hall–Kier alpha value is -2.95. The van der Waals surface area contributed by atoms with Crippen molar-refractivity contribution < 1.29 is 9.90 Å². The van der Waals surface area contributed by atoms with Crippen molar-refractivity contribution in [2.75, 3.05) is 0 Å². The van der Waals surface area contributed by atoms with Crippen molar-refractivity contribution in [1.29, 1.82) is 0 Å². The molecule has 154 valence electrons. The number of carboxylic acids is 1. The van der Waals surface area contributed by atoms with Crippen LogP contribution in [-0.4, -0.2) is 25.7 Å². The van der Waals surface area contributed by atoms with Gasteiger partial charge in [0.05, 0.1) is 17.8 Å². The van der Waals surface area contributed by atoms with Gasteiger partial charge < -0.3 is 5.11 Å². The summed E-state index contributed by atoms with van der Waals surface area (Å²) >= 11 is 0. The maximum atomic E-state index is 11.7. The lowest BCUT2D eigenvalue weighted by molar-refractivity contribution is -0.136. The standard InChI is InChI=1S/C25H27N3O2/c1-14-19(12-22(29)30)24(28-21(26-14)13-20(27-28)25(2,3)4)18-11-10-16-9-8-15-6-5-7-17(18)23(15)16/h5-7,13H,8-12H2,1-4H3,(H,29,30). The number of hydrogen-bond donors (Lipinski definition) is 1. The summed E-state index contributed by atoms with van der Waals surface area (Å²) < 4.78 is 1.90. The van der Waals surface area contributed by atoms with E-state index in [0.29, 0.717) is 0 Å². The fourth-order valence-electron chi connectivity index (χ4n) is 4.99. The van der Waals surface area contributed by atoms with E-state index in [2.05, 4.69) is 39.0 Å². The predicted octanol–water partition coefficient (Wildman–Crippen LogP) is 3.05. The van der Waals surface area contributed by atoms with Gasteiger partial charge in [-0.2, -0.15) is 5.10 Å². The minimum atomic E-state index is -0.842. The fraction of sp³-hybridized carbons (Fsp3) is 0.400. The summed E-state index contributed by atoms with van der Waals surface area (Å²) in [5.41, 5.74) is 8.27. The molecule has 0 spiro atoms. The first-order chi connectivity index (χ1) is 14.2. The summed E-state index contributed by atoms with van der Waals surface area (Å²) in [5.74, 6) is -0.842. The average molecular weight is 402 g/mol. The Balaban J connectivity index is 1.93. The van der Waals surface area contributed by atoms with Crippen LogP contribution in [0.3, 0.4) is 0 Å². The van der Waals surface area contributed by atoms with Crippen LogP contribution in [-0.2, 0) is 23.1 Å². The Morgan fingerprint density at radius 3 is 2.67 bits per heavy atom. The van der Waals surface area contributed by atoms with Gasteiger partial charge in [0.1, 0.15) is 0 Å². The van der Waals surface area contributed by atoms with Crippen molar-refractivity contribution in [2.45, 2.75) is 65.2 Å². The molecule has 0 bridgehead atoms. The summed E-state index contributed by atoms with van der Waals surface area (Å²) in [6, 6.07) is 8.59. The number of carboxylic acid groups (broad SMARTS) is 1. The number of nitrogens with zero attached hydrogens (tertiary/aromatic N) is 3. The van der Waals surface area contributed by atoms with E-state index in [0.717, 1.165) is 54.0 Å². The Morgan fingerprint density at radius 1 is 1.17 bits per heavy atom. The van der Waals surface area contributed by atoms with Gasteiger partial charge in [-0.15, -0.1) is 0 Å². The monoisotopic (exact) mass is 401 g/mol. The van der Waals surface area contributed by atoms with Crippen LogP contribution in [0, 0.1) is 6.92 Å². The van der Waals surface area contributed by atoms with Crippen molar-refractivity contribution in [3.8, 4) is 0 Å². The van der Waals surface area contributed by atoms with Gasteiger partial charge in [-0.05, 0) is 54.2 Å². The van der Waals surface area contributed by atoms with E-state index in [9.17, 15) is 9.90 Å². The second kappa shape index (κ2) is 6.53. The van der Waals surface area contributed by atoms with E-state index >= 15 is 0 Å². The van der Waals surface area contributed by atoms with Crippen LogP contribution < -0.4 is 10.4 Å². The van der Waals surface area contributed by atoms with E-state index in [1.54, 1.807) is 5.57 Å². The van der Waals surface area contributed by atoms with E-state index in [-0.39, 0.29) is 11.8 Å². The SMILES string of the molecule is Cc1nc2cc(C(C)(C)C)nn2c(C2=c3cccc4c3=C(CC2)CC4)c1CC(=O)O. The third-order valence-electron chi connectivity index (χ3n) is 6.49. The molecule has 5 heteroatoms. The minimum absolute atomic E-state index is 0.0517. The van der Waals surface area contributed by atoms with Gasteiger partial charge in [0.2, 0.25) is 0 Å². The Kier molecular flexibility index (Phi) is 4.14. The lowest BCUT2D eigenvalue weighted by atomic mass is 9.90. The lowest BCUT2D eigenvalue weighted by Crippen LogP contribution is -2.34. The second-order valence-corrected chi connectivity index (χ2v) is 9.57. The molecule has 0 unspecified atom stereocenters. The summed E-state index contributed by atoms with van der Waals surface area (Å²) in [6.45, 7) is 8.33. The number of aryl methyl sites for hydroxylation is 2. The van der Waals surface area contributed by atoms with Crippen molar-refractivity contribution in [3.63, 3.8) is 0 Å². The third kappa shape index (κ3) is 2.87. The van der Waals surface area contributed by atoms with Crippen LogP contribution in [0.5, 0.6) is 0 Å². The molecular formula is C25H27N3O2. The molecule has 0 amide bonds. The molecule has 0 saturated heterocycles. The second-order valence-electron chi connectivity index (χ2n) is 9.57. The largest absolute Gasteiger partial charge is 0.481 e. The molecule has 0 fully saturated rings. The molecule has 2 aliphatic carbocycles. The average Bonchev–Trinajstić information content (AvgIpc) is 3.28. The fourth-order valence-corrected chi connectivity index (χ4v) is 4.99. The van der Waals surface area contributed by atoms with Gasteiger partial charge in [-0.3, -0.25) is 4.79 Å².